The highest BCUT2D eigenvalue weighted by Crippen LogP contribution is 2.43. The Labute approximate surface area is 311 Å². The Morgan fingerprint density at radius 1 is 0.519 bits per heavy atom. The van der Waals surface area contributed by atoms with Crippen LogP contribution in [0.15, 0.2) is 196 Å². The summed E-state index contributed by atoms with van der Waals surface area (Å²) in [7, 11) is 0. The lowest BCUT2D eigenvalue weighted by atomic mass is 9.95. The summed E-state index contributed by atoms with van der Waals surface area (Å²) >= 11 is 0. The zero-order valence-corrected chi connectivity index (χ0v) is 29.1. The van der Waals surface area contributed by atoms with E-state index in [0.29, 0.717) is 5.84 Å². The molecule has 1 aliphatic rings. The first-order chi connectivity index (χ1) is 26.8. The highest BCUT2D eigenvalue weighted by molar-refractivity contribution is 6.24. The molecule has 1 aliphatic heterocycles. The van der Waals surface area contributed by atoms with Crippen molar-refractivity contribution >= 4 is 66.2 Å². The van der Waals surface area contributed by atoms with Gasteiger partial charge in [0.2, 0.25) is 0 Å². The first-order valence-electron chi connectivity index (χ1n) is 18.3. The molecule has 0 bridgehead atoms. The first-order valence-corrected chi connectivity index (χ1v) is 18.3. The van der Waals surface area contributed by atoms with Crippen LogP contribution in [0.3, 0.4) is 0 Å². The summed E-state index contributed by atoms with van der Waals surface area (Å²) in [5, 5.41) is 10.6. The van der Waals surface area contributed by atoms with Gasteiger partial charge in [-0.25, -0.2) is 9.98 Å². The van der Waals surface area contributed by atoms with E-state index in [9.17, 15) is 0 Å². The highest BCUT2D eigenvalue weighted by atomic mass is 16.3. The van der Waals surface area contributed by atoms with Crippen molar-refractivity contribution in [3.8, 4) is 16.8 Å². The smallest absolute Gasteiger partial charge is 0.159 e. The lowest BCUT2D eigenvalue weighted by molar-refractivity contribution is 0.667. The summed E-state index contributed by atoms with van der Waals surface area (Å²) in [4.78, 5) is 10.1. The van der Waals surface area contributed by atoms with Gasteiger partial charge in [0.15, 0.2) is 5.84 Å². The van der Waals surface area contributed by atoms with E-state index in [4.69, 9.17) is 14.4 Å². The molecule has 0 fully saturated rings. The van der Waals surface area contributed by atoms with E-state index < -0.39 is 0 Å². The summed E-state index contributed by atoms with van der Waals surface area (Å²) in [6.45, 7) is 0. The van der Waals surface area contributed by atoms with E-state index in [1.54, 1.807) is 0 Å². The Hall–Kier alpha value is -7.24. The molecule has 0 radical (unpaired) electrons. The van der Waals surface area contributed by atoms with Crippen LogP contribution < -0.4 is 5.32 Å². The van der Waals surface area contributed by atoms with Crippen molar-refractivity contribution in [3.63, 3.8) is 0 Å². The molecule has 5 nitrogen and oxygen atoms in total. The molecule has 1 N–H and O–H groups in total. The molecule has 3 heterocycles. The van der Waals surface area contributed by atoms with E-state index in [1.807, 2.05) is 36.4 Å². The van der Waals surface area contributed by atoms with E-state index in [1.165, 1.54) is 32.6 Å². The van der Waals surface area contributed by atoms with Gasteiger partial charge in [0.05, 0.1) is 11.0 Å². The van der Waals surface area contributed by atoms with Gasteiger partial charge in [-0.1, -0.05) is 133 Å². The normalized spacial score (nSPS) is 14.5. The molecular weight excluding hydrogens is 661 g/mol. The number of fused-ring (bicyclic) bond motifs is 8. The molecule has 1 atom stereocenters. The number of rotatable bonds is 5. The largest absolute Gasteiger partial charge is 0.455 e. The summed E-state index contributed by atoms with van der Waals surface area (Å²) < 4.78 is 9.31. The number of nitrogens with zero attached hydrogens (tertiary/aromatic N) is 3. The van der Waals surface area contributed by atoms with Crippen molar-refractivity contribution in [1.29, 1.82) is 0 Å². The van der Waals surface area contributed by atoms with E-state index >= 15 is 0 Å². The quantitative estimate of drug-likeness (QED) is 0.195. The van der Waals surface area contributed by atoms with Gasteiger partial charge in [-0.3, -0.25) is 0 Å². The number of aromatic nitrogens is 1. The minimum Gasteiger partial charge on any atom is -0.455 e. The Morgan fingerprint density at radius 2 is 1.20 bits per heavy atom. The average molecular weight is 693 g/mol. The minimum atomic E-state index is -0.279. The maximum absolute atomic E-state index is 6.96. The number of hydrogen-bond donors (Lipinski definition) is 1. The second kappa shape index (κ2) is 12.2. The van der Waals surface area contributed by atoms with Gasteiger partial charge in [0, 0.05) is 43.9 Å². The predicted molar refractivity (Wildman–Crippen MR) is 223 cm³/mol. The molecule has 2 aromatic heterocycles. The Morgan fingerprint density at radius 3 is 2.04 bits per heavy atom. The van der Waals surface area contributed by atoms with Crippen molar-refractivity contribution in [2.24, 2.45) is 9.98 Å². The summed E-state index contributed by atoms with van der Waals surface area (Å²) in [5.74, 6) is 1.45. The highest BCUT2D eigenvalue weighted by Gasteiger charge is 2.23. The van der Waals surface area contributed by atoms with Gasteiger partial charge in [-0.05, 0) is 70.4 Å². The SMILES string of the molecule is c1ccc(C2=NC(c3ccccc3)NC(c3ccc4c(c3)oc3c(-c5ccc6c(c5)c5ccccc5n6-c5ccccc5)cc5ccccc5c34)=N2)cc1. The zero-order valence-electron chi connectivity index (χ0n) is 29.1. The Kier molecular flexibility index (Phi) is 6.85. The lowest BCUT2D eigenvalue weighted by Crippen LogP contribution is -2.33. The third-order valence-electron chi connectivity index (χ3n) is 10.6. The second-order valence-corrected chi connectivity index (χ2v) is 13.8. The van der Waals surface area contributed by atoms with Crippen LogP contribution in [0.5, 0.6) is 0 Å². The van der Waals surface area contributed by atoms with Gasteiger partial charge < -0.3 is 14.3 Å². The van der Waals surface area contributed by atoms with Crippen LogP contribution in [0.1, 0.15) is 22.9 Å². The summed E-state index contributed by atoms with van der Waals surface area (Å²) in [5.41, 5.74) is 10.3. The van der Waals surface area contributed by atoms with Gasteiger partial charge >= 0.3 is 0 Å². The summed E-state index contributed by atoms with van der Waals surface area (Å²) in [6.07, 6.45) is -0.279. The molecule has 8 aromatic carbocycles. The number of hydrogen-bond acceptors (Lipinski definition) is 4. The van der Waals surface area contributed by atoms with Crippen LogP contribution in [0.4, 0.5) is 0 Å². The number of benzene rings is 8. The van der Waals surface area contributed by atoms with Crippen molar-refractivity contribution in [2.45, 2.75) is 6.17 Å². The predicted octanol–water partition coefficient (Wildman–Crippen LogP) is 12.0. The fourth-order valence-electron chi connectivity index (χ4n) is 8.10. The van der Waals surface area contributed by atoms with Crippen molar-refractivity contribution in [1.82, 2.24) is 9.88 Å². The van der Waals surface area contributed by atoms with Crippen LogP contribution in [-0.2, 0) is 0 Å². The van der Waals surface area contributed by atoms with Crippen LogP contribution in [0.2, 0.25) is 0 Å². The fraction of sp³-hybridized carbons (Fsp3) is 0.0204. The molecule has 54 heavy (non-hydrogen) atoms. The van der Waals surface area contributed by atoms with Gasteiger partial charge in [0.1, 0.15) is 23.2 Å². The van der Waals surface area contributed by atoms with E-state index in [2.05, 4.69) is 155 Å². The monoisotopic (exact) mass is 692 g/mol. The maximum atomic E-state index is 6.96. The van der Waals surface area contributed by atoms with Crippen molar-refractivity contribution in [3.05, 3.63) is 199 Å². The van der Waals surface area contributed by atoms with Crippen LogP contribution >= 0.6 is 0 Å². The first kappa shape index (κ1) is 30.4. The van der Waals surface area contributed by atoms with Gasteiger partial charge in [0.25, 0.3) is 0 Å². The second-order valence-electron chi connectivity index (χ2n) is 13.8. The fourth-order valence-corrected chi connectivity index (χ4v) is 8.10. The van der Waals surface area contributed by atoms with Crippen molar-refractivity contribution in [2.75, 3.05) is 0 Å². The third-order valence-corrected chi connectivity index (χ3v) is 10.6. The van der Waals surface area contributed by atoms with Crippen LogP contribution in [0, 0.1) is 0 Å². The van der Waals surface area contributed by atoms with E-state index in [0.717, 1.165) is 61.3 Å². The molecule has 0 saturated heterocycles. The maximum Gasteiger partial charge on any atom is 0.159 e. The molecule has 0 spiro atoms. The molecular formula is C49H32N4O. The molecule has 254 valence electrons. The van der Waals surface area contributed by atoms with Gasteiger partial charge in [-0.2, -0.15) is 0 Å². The molecule has 5 heteroatoms. The molecule has 11 rings (SSSR count). The number of para-hydroxylation sites is 2. The third kappa shape index (κ3) is 4.86. The van der Waals surface area contributed by atoms with E-state index in [-0.39, 0.29) is 6.17 Å². The average Bonchev–Trinajstić information content (AvgIpc) is 3.80. The van der Waals surface area contributed by atoms with Crippen molar-refractivity contribution < 1.29 is 4.42 Å². The molecule has 0 aliphatic carbocycles. The molecule has 0 amide bonds. The van der Waals surface area contributed by atoms with Crippen LogP contribution in [-0.4, -0.2) is 16.2 Å². The summed E-state index contributed by atoms with van der Waals surface area (Å²) in [6, 6.07) is 63.8. The standard InChI is InChI=1S/C49H32N4O/c1-4-14-31(15-5-1)47-50-48(32-16-6-2-7-17-32)52-49(51-47)35-24-26-39-44(30-35)54-46-40(28-33-18-10-11-21-37(33)45(39)46)34-25-27-43-41(29-34)38-22-12-13-23-42(38)53(43)36-19-8-3-9-20-36/h1-30,47H,(H,50,51,52). The number of amidine groups is 2. The lowest BCUT2D eigenvalue weighted by Gasteiger charge is -2.23. The number of aliphatic imine (C=N–C) groups is 2. The van der Waals surface area contributed by atoms with Crippen LogP contribution in [0.25, 0.3) is 71.3 Å². The zero-order chi connectivity index (χ0) is 35.6. The number of furan rings is 1. The Balaban J connectivity index is 1.09. The molecule has 10 aromatic rings. The Bertz CT molecular complexity index is 3120. The topological polar surface area (TPSA) is 54.8 Å². The number of nitrogens with one attached hydrogen (secondary N) is 1. The molecule has 1 unspecified atom stereocenters. The van der Waals surface area contributed by atoms with Gasteiger partial charge in [-0.15, -0.1) is 0 Å². The minimum absolute atomic E-state index is 0.279. The molecule has 0 saturated carbocycles.